The summed E-state index contributed by atoms with van der Waals surface area (Å²) in [7, 11) is -4.07. The molecule has 1 saturated heterocycles. The lowest BCUT2D eigenvalue weighted by Gasteiger charge is -2.34. The van der Waals surface area contributed by atoms with E-state index >= 15 is 0 Å². The second-order valence-corrected chi connectivity index (χ2v) is 11.4. The van der Waals surface area contributed by atoms with Crippen LogP contribution in [0.5, 0.6) is 11.5 Å². The van der Waals surface area contributed by atoms with E-state index in [1.807, 2.05) is 0 Å². The maximum Gasteiger partial charge on any atom is 0.573 e. The van der Waals surface area contributed by atoms with Gasteiger partial charge < -0.3 is 25.0 Å². The first-order valence-corrected chi connectivity index (χ1v) is 14.1. The van der Waals surface area contributed by atoms with Gasteiger partial charge in [0.15, 0.2) is 17.4 Å². The summed E-state index contributed by atoms with van der Waals surface area (Å²) >= 11 is 0. The summed E-state index contributed by atoms with van der Waals surface area (Å²) in [6.07, 6.45) is -5.11. The Balaban J connectivity index is 1.41. The van der Waals surface area contributed by atoms with Gasteiger partial charge >= 0.3 is 6.36 Å². The number of halogens is 5. The third kappa shape index (κ3) is 7.42. The summed E-state index contributed by atoms with van der Waals surface area (Å²) in [5.74, 6) is -3.89. The lowest BCUT2D eigenvalue weighted by Crippen LogP contribution is -2.50. The number of alkyl halides is 3. The third-order valence-corrected chi connectivity index (χ3v) is 8.16. The van der Waals surface area contributed by atoms with E-state index in [2.05, 4.69) is 15.0 Å². The van der Waals surface area contributed by atoms with Crippen LogP contribution in [0.15, 0.2) is 46.8 Å². The molecule has 0 aromatic heterocycles. The Bertz CT molecular complexity index is 1470. The molecule has 1 fully saturated rings. The minimum Gasteiger partial charge on any atom is -0.488 e. The Morgan fingerprint density at radius 1 is 1.14 bits per heavy atom. The van der Waals surface area contributed by atoms with Crippen LogP contribution in [0.4, 0.5) is 22.0 Å². The molecule has 0 bridgehead atoms. The number of carbonyl (C=O) groups is 1. The number of hydrogen-bond acceptors (Lipinski definition) is 8. The zero-order chi connectivity index (χ0) is 30.7. The van der Waals surface area contributed by atoms with E-state index in [1.165, 1.54) is 12.1 Å². The highest BCUT2D eigenvalue weighted by atomic mass is 32.2. The van der Waals surface area contributed by atoms with E-state index in [9.17, 15) is 40.3 Å². The van der Waals surface area contributed by atoms with E-state index in [1.54, 1.807) is 0 Å². The number of aliphatic hydroxyl groups is 2. The van der Waals surface area contributed by atoms with E-state index in [0.717, 1.165) is 40.1 Å². The zero-order valence-corrected chi connectivity index (χ0v) is 22.6. The number of carbonyl (C=O) groups excluding carboxylic acids is 1. The highest BCUT2D eigenvalue weighted by molar-refractivity contribution is 7.92. The van der Waals surface area contributed by atoms with Gasteiger partial charge in [-0.1, -0.05) is 12.1 Å². The van der Waals surface area contributed by atoms with Crippen LogP contribution in [0.25, 0.3) is 6.08 Å². The number of piperidine rings is 1. The predicted molar refractivity (Wildman–Crippen MR) is 139 cm³/mol. The number of amides is 1. The largest absolute Gasteiger partial charge is 0.573 e. The van der Waals surface area contributed by atoms with Crippen LogP contribution in [-0.4, -0.2) is 79.0 Å². The first-order valence-electron chi connectivity index (χ1n) is 12.6. The van der Waals surface area contributed by atoms with Crippen LogP contribution in [0.2, 0.25) is 0 Å². The molecular weight excluding hydrogens is 593 g/mol. The van der Waals surface area contributed by atoms with Gasteiger partial charge in [0.05, 0.1) is 19.3 Å². The van der Waals surface area contributed by atoms with Crippen LogP contribution in [0.1, 0.15) is 30.4 Å². The van der Waals surface area contributed by atoms with Crippen LogP contribution in [-0.2, 0) is 14.8 Å². The normalized spacial score (nSPS) is 18.3. The van der Waals surface area contributed by atoms with Crippen molar-refractivity contribution in [1.29, 1.82) is 0 Å². The van der Waals surface area contributed by atoms with Crippen molar-refractivity contribution in [2.75, 3.05) is 26.3 Å². The second kappa shape index (κ2) is 12.3. The molecule has 1 spiro atoms. The first kappa shape index (κ1) is 31.3. The van der Waals surface area contributed by atoms with Crippen molar-refractivity contribution in [3.63, 3.8) is 0 Å². The van der Waals surface area contributed by atoms with Crippen molar-refractivity contribution in [2.24, 2.45) is 4.99 Å². The molecule has 10 nitrogen and oxygen atoms in total. The molecule has 2 aromatic carbocycles. The number of hydrogen-bond donors (Lipinski definition) is 3. The van der Waals surface area contributed by atoms with Crippen molar-refractivity contribution in [3.05, 3.63) is 64.6 Å². The number of aliphatic hydroxyl groups excluding tert-OH is 2. The summed E-state index contributed by atoms with van der Waals surface area (Å²) < 4.78 is 102. The van der Waals surface area contributed by atoms with Crippen molar-refractivity contribution >= 4 is 27.8 Å². The quantitative estimate of drug-likeness (QED) is 0.348. The van der Waals surface area contributed by atoms with Gasteiger partial charge in [0.1, 0.15) is 17.1 Å². The summed E-state index contributed by atoms with van der Waals surface area (Å²) in [5.41, 5.74) is -1.24. The maximum absolute atomic E-state index is 14.4. The van der Waals surface area contributed by atoms with E-state index < -0.39 is 63.7 Å². The molecule has 228 valence electrons. The molecule has 2 aliphatic rings. The Morgan fingerprint density at radius 3 is 2.43 bits per heavy atom. The lowest BCUT2D eigenvalue weighted by atomic mass is 9.89. The second-order valence-electron chi connectivity index (χ2n) is 9.56. The third-order valence-electron chi connectivity index (χ3n) is 6.59. The van der Waals surface area contributed by atoms with E-state index in [4.69, 9.17) is 9.84 Å². The molecule has 0 saturated carbocycles. The minimum absolute atomic E-state index is 0.0194. The van der Waals surface area contributed by atoms with Crippen LogP contribution < -0.4 is 14.8 Å². The topological polar surface area (TPSA) is 138 Å². The van der Waals surface area contributed by atoms with Gasteiger partial charge in [0.25, 0.3) is 5.91 Å². The molecular formula is C26H26F5N3O7S. The number of aliphatic imine (C=N–C) groups is 1. The van der Waals surface area contributed by atoms with Gasteiger partial charge in [-0.05, 0) is 48.7 Å². The molecule has 1 unspecified atom stereocenters. The smallest absolute Gasteiger partial charge is 0.488 e. The Labute approximate surface area is 237 Å². The molecule has 1 atom stereocenters. The van der Waals surface area contributed by atoms with Gasteiger partial charge in [0.2, 0.25) is 10.0 Å². The lowest BCUT2D eigenvalue weighted by molar-refractivity contribution is -0.274. The van der Waals surface area contributed by atoms with Crippen molar-refractivity contribution in [3.8, 4) is 11.5 Å². The molecule has 1 amide bonds. The van der Waals surface area contributed by atoms with Gasteiger partial charge in [-0.3, -0.25) is 9.79 Å². The molecule has 2 heterocycles. The molecule has 2 aliphatic heterocycles. The summed E-state index contributed by atoms with van der Waals surface area (Å²) in [6.45, 7) is -1.05. The van der Waals surface area contributed by atoms with Gasteiger partial charge in [-0.15, -0.1) is 13.2 Å². The number of nitrogens with zero attached hydrogens (tertiary/aromatic N) is 2. The number of rotatable bonds is 10. The minimum atomic E-state index is -4.90. The van der Waals surface area contributed by atoms with Crippen LogP contribution in [0, 0.1) is 11.6 Å². The average molecular weight is 620 g/mol. The fourth-order valence-corrected chi connectivity index (χ4v) is 5.59. The first-order chi connectivity index (χ1) is 19.7. The zero-order valence-electron chi connectivity index (χ0n) is 21.8. The Kier molecular flexibility index (Phi) is 9.20. The fraction of sp³-hybridized carbons (Fsp3) is 0.385. The van der Waals surface area contributed by atoms with Crippen molar-refractivity contribution < 1.29 is 54.9 Å². The van der Waals surface area contributed by atoms with E-state index in [-0.39, 0.29) is 55.9 Å². The molecule has 16 heteroatoms. The number of benzene rings is 2. The SMILES string of the molecule is O=C1NC(c2cccc(OC(F)(F)F)c2)=NC12CCN(S(=O)(=O)C=Cc1cc(F)c(OCCC(O)CO)c(F)c1)CC2. The highest BCUT2D eigenvalue weighted by Gasteiger charge is 2.47. The van der Waals surface area contributed by atoms with E-state index in [0.29, 0.717) is 0 Å². The molecule has 0 aliphatic carbocycles. The number of sulfonamides is 1. The standard InChI is InChI=1S/C26H26F5N3O7S/c27-20-12-16(13-21(28)22(20)40-10-4-18(36)15-35)5-11-42(38,39)34-8-6-25(7-9-34)24(37)32-23(33-25)17-2-1-3-19(14-17)41-26(29,30)31/h1-3,5,11-14,18,35-36H,4,6-10,15H2,(H,32,33,37). The molecule has 4 rings (SSSR count). The Hall–Kier alpha value is -3.60. The predicted octanol–water partition coefficient (Wildman–Crippen LogP) is 2.70. The van der Waals surface area contributed by atoms with Gasteiger partial charge in [-0.2, -0.15) is 4.31 Å². The maximum atomic E-state index is 14.4. The summed E-state index contributed by atoms with van der Waals surface area (Å²) in [6, 6.07) is 6.65. The molecule has 42 heavy (non-hydrogen) atoms. The van der Waals surface area contributed by atoms with Crippen LogP contribution in [0.3, 0.4) is 0 Å². The monoisotopic (exact) mass is 619 g/mol. The molecule has 0 radical (unpaired) electrons. The Morgan fingerprint density at radius 2 is 1.81 bits per heavy atom. The fourth-order valence-electron chi connectivity index (χ4n) is 4.40. The number of amidine groups is 1. The average Bonchev–Trinajstić information content (AvgIpc) is 3.23. The molecule has 2 aromatic rings. The van der Waals surface area contributed by atoms with Gasteiger partial charge in [0, 0.05) is 30.5 Å². The summed E-state index contributed by atoms with van der Waals surface area (Å²) in [5, 5.41) is 21.4. The van der Waals surface area contributed by atoms with Gasteiger partial charge in [-0.25, -0.2) is 17.2 Å². The molecule has 3 N–H and O–H groups in total. The van der Waals surface area contributed by atoms with Crippen LogP contribution >= 0.6 is 0 Å². The highest BCUT2D eigenvalue weighted by Crippen LogP contribution is 2.33. The number of ether oxygens (including phenoxy) is 2. The van der Waals surface area contributed by atoms with Crippen molar-refractivity contribution in [2.45, 2.75) is 37.3 Å². The number of nitrogens with one attached hydrogen (secondary N) is 1. The summed E-state index contributed by atoms with van der Waals surface area (Å²) in [4.78, 5) is 17.2. The van der Waals surface area contributed by atoms with Crippen molar-refractivity contribution in [1.82, 2.24) is 9.62 Å².